The van der Waals surface area contributed by atoms with E-state index >= 15 is 0 Å². The van der Waals surface area contributed by atoms with Crippen LogP contribution in [0.3, 0.4) is 0 Å². The number of aryl methyl sites for hydroxylation is 2. The fourth-order valence-electron chi connectivity index (χ4n) is 2.26. The first-order valence-electron chi connectivity index (χ1n) is 6.81. The molecule has 1 fully saturated rings. The van der Waals surface area contributed by atoms with Crippen LogP contribution in [0, 0.1) is 13.8 Å². The van der Waals surface area contributed by atoms with Gasteiger partial charge in [0, 0.05) is 11.4 Å². The molecule has 2 amide bonds. The Morgan fingerprint density at radius 1 is 1.05 bits per heavy atom. The number of anilines is 1. The van der Waals surface area contributed by atoms with Crippen molar-refractivity contribution in [2.75, 3.05) is 5.32 Å². The minimum atomic E-state index is -0.730. The molecule has 1 aliphatic carbocycles. The zero-order valence-electron chi connectivity index (χ0n) is 11.8. The summed E-state index contributed by atoms with van der Waals surface area (Å²) in [5.74, 6) is -1.42. The molecule has 0 bridgehead atoms. The Bertz CT molecular complexity index is 536. The van der Waals surface area contributed by atoms with Crippen LogP contribution in [0.2, 0.25) is 0 Å². The lowest BCUT2D eigenvalue weighted by Gasteiger charge is -2.10. The maximum atomic E-state index is 11.8. The van der Waals surface area contributed by atoms with E-state index < -0.39 is 11.8 Å². The molecule has 1 aromatic carbocycles. The maximum absolute atomic E-state index is 11.8. The van der Waals surface area contributed by atoms with Gasteiger partial charge in [-0.1, -0.05) is 18.2 Å². The molecule has 0 aliphatic heterocycles. The van der Waals surface area contributed by atoms with Crippen molar-refractivity contribution in [3.63, 3.8) is 0 Å². The Kier molecular flexibility index (Phi) is 4.50. The van der Waals surface area contributed by atoms with Gasteiger partial charge in [0.2, 0.25) is 0 Å². The van der Waals surface area contributed by atoms with Crippen LogP contribution in [-0.4, -0.2) is 17.5 Å². The summed E-state index contributed by atoms with van der Waals surface area (Å²) in [4.78, 5) is 23.5. The van der Waals surface area contributed by atoms with Crippen molar-refractivity contribution in [2.45, 2.75) is 39.5 Å². The summed E-state index contributed by atoms with van der Waals surface area (Å²) in [7, 11) is 0. The Morgan fingerprint density at radius 3 is 2.25 bits per heavy atom. The highest BCUT2D eigenvalue weighted by atomic mass is 16.2. The number of nitrogens with one attached hydrogen (secondary N) is 2. The van der Waals surface area contributed by atoms with Gasteiger partial charge in [-0.2, -0.15) is 5.10 Å². The van der Waals surface area contributed by atoms with Gasteiger partial charge in [0.05, 0.1) is 0 Å². The van der Waals surface area contributed by atoms with Gasteiger partial charge in [-0.25, -0.2) is 5.43 Å². The average Bonchev–Trinajstić information content (AvgIpc) is 2.93. The van der Waals surface area contributed by atoms with Crippen LogP contribution in [0.5, 0.6) is 0 Å². The first-order chi connectivity index (χ1) is 9.58. The number of carbonyl (C=O) groups excluding carboxylic acids is 2. The fraction of sp³-hybridized carbons (Fsp3) is 0.400. The average molecular weight is 273 g/mol. The SMILES string of the molecule is Cc1cccc(C)c1NC(=O)C(=O)NN=C1CCCC1. The zero-order valence-corrected chi connectivity index (χ0v) is 11.8. The number of nitrogens with zero attached hydrogens (tertiary/aromatic N) is 1. The summed E-state index contributed by atoms with van der Waals surface area (Å²) in [5.41, 5.74) is 5.81. The van der Waals surface area contributed by atoms with E-state index in [1.165, 1.54) is 0 Å². The summed E-state index contributed by atoms with van der Waals surface area (Å²) in [6, 6.07) is 5.69. The van der Waals surface area contributed by atoms with Crippen molar-refractivity contribution >= 4 is 23.2 Å². The summed E-state index contributed by atoms with van der Waals surface area (Å²) in [6.45, 7) is 3.78. The molecule has 0 atom stereocenters. The predicted molar refractivity (Wildman–Crippen MR) is 78.6 cm³/mol. The van der Waals surface area contributed by atoms with Gasteiger partial charge in [-0.3, -0.25) is 9.59 Å². The van der Waals surface area contributed by atoms with Crippen LogP contribution < -0.4 is 10.7 Å². The quantitative estimate of drug-likeness (QED) is 0.641. The van der Waals surface area contributed by atoms with Crippen LogP contribution in [0.25, 0.3) is 0 Å². The third-order valence-electron chi connectivity index (χ3n) is 3.42. The fourth-order valence-corrected chi connectivity index (χ4v) is 2.26. The molecule has 0 saturated heterocycles. The van der Waals surface area contributed by atoms with Crippen molar-refractivity contribution < 1.29 is 9.59 Å². The monoisotopic (exact) mass is 273 g/mol. The largest absolute Gasteiger partial charge is 0.329 e. The lowest BCUT2D eigenvalue weighted by molar-refractivity contribution is -0.136. The van der Waals surface area contributed by atoms with Crippen LogP contribution in [-0.2, 0) is 9.59 Å². The topological polar surface area (TPSA) is 70.6 Å². The second-order valence-corrected chi connectivity index (χ2v) is 5.05. The van der Waals surface area contributed by atoms with E-state index in [2.05, 4.69) is 15.8 Å². The van der Waals surface area contributed by atoms with E-state index in [0.29, 0.717) is 5.69 Å². The number of hydrogen-bond acceptors (Lipinski definition) is 3. The van der Waals surface area contributed by atoms with Gasteiger partial charge in [0.15, 0.2) is 0 Å². The Morgan fingerprint density at radius 2 is 1.65 bits per heavy atom. The number of hydrogen-bond donors (Lipinski definition) is 2. The Labute approximate surface area is 118 Å². The number of para-hydroxylation sites is 1. The molecule has 5 heteroatoms. The lowest BCUT2D eigenvalue weighted by atomic mass is 10.1. The molecule has 0 aromatic heterocycles. The third-order valence-corrected chi connectivity index (χ3v) is 3.42. The van der Waals surface area contributed by atoms with E-state index in [-0.39, 0.29) is 0 Å². The number of hydrazone groups is 1. The molecule has 0 heterocycles. The van der Waals surface area contributed by atoms with E-state index in [1.807, 2.05) is 32.0 Å². The molecule has 20 heavy (non-hydrogen) atoms. The van der Waals surface area contributed by atoms with E-state index in [9.17, 15) is 9.59 Å². The number of carbonyl (C=O) groups is 2. The molecule has 2 rings (SSSR count). The van der Waals surface area contributed by atoms with Crippen molar-refractivity contribution in [1.29, 1.82) is 0 Å². The van der Waals surface area contributed by atoms with Crippen molar-refractivity contribution in [1.82, 2.24) is 5.43 Å². The first kappa shape index (κ1) is 14.2. The van der Waals surface area contributed by atoms with Crippen molar-refractivity contribution in [3.05, 3.63) is 29.3 Å². The Hall–Kier alpha value is -2.17. The van der Waals surface area contributed by atoms with Gasteiger partial charge < -0.3 is 5.32 Å². The van der Waals surface area contributed by atoms with E-state index in [0.717, 1.165) is 42.5 Å². The third kappa shape index (κ3) is 3.44. The molecule has 1 aromatic rings. The van der Waals surface area contributed by atoms with Crippen LogP contribution in [0.15, 0.2) is 23.3 Å². The van der Waals surface area contributed by atoms with Gasteiger partial charge in [0.25, 0.3) is 0 Å². The molecular formula is C15H19N3O2. The molecule has 1 saturated carbocycles. The van der Waals surface area contributed by atoms with Crippen LogP contribution >= 0.6 is 0 Å². The van der Waals surface area contributed by atoms with E-state index in [4.69, 9.17) is 0 Å². The van der Waals surface area contributed by atoms with Crippen molar-refractivity contribution in [2.24, 2.45) is 5.10 Å². The standard InChI is InChI=1S/C15H19N3O2/c1-10-6-5-7-11(2)13(10)16-14(19)15(20)18-17-12-8-3-4-9-12/h5-7H,3-4,8-9H2,1-2H3,(H,16,19)(H,18,20). The highest BCUT2D eigenvalue weighted by Crippen LogP contribution is 2.19. The molecular weight excluding hydrogens is 254 g/mol. The summed E-state index contributed by atoms with van der Waals surface area (Å²) in [6.07, 6.45) is 4.00. The zero-order chi connectivity index (χ0) is 14.5. The van der Waals surface area contributed by atoms with Gasteiger partial charge in [-0.15, -0.1) is 0 Å². The number of amides is 2. The van der Waals surface area contributed by atoms with Gasteiger partial charge >= 0.3 is 11.8 Å². The molecule has 5 nitrogen and oxygen atoms in total. The highest BCUT2D eigenvalue weighted by molar-refractivity contribution is 6.39. The maximum Gasteiger partial charge on any atom is 0.329 e. The van der Waals surface area contributed by atoms with Gasteiger partial charge in [-0.05, 0) is 50.7 Å². The predicted octanol–water partition coefficient (Wildman–Crippen LogP) is 2.29. The molecule has 2 N–H and O–H groups in total. The second kappa shape index (κ2) is 6.32. The molecule has 1 aliphatic rings. The summed E-state index contributed by atoms with van der Waals surface area (Å²) >= 11 is 0. The highest BCUT2D eigenvalue weighted by Gasteiger charge is 2.16. The summed E-state index contributed by atoms with van der Waals surface area (Å²) in [5, 5.41) is 6.62. The summed E-state index contributed by atoms with van der Waals surface area (Å²) < 4.78 is 0. The van der Waals surface area contributed by atoms with Gasteiger partial charge in [0.1, 0.15) is 0 Å². The van der Waals surface area contributed by atoms with Crippen LogP contribution in [0.1, 0.15) is 36.8 Å². The molecule has 0 unspecified atom stereocenters. The number of rotatable bonds is 2. The minimum absolute atomic E-state index is 0.682. The van der Waals surface area contributed by atoms with Crippen molar-refractivity contribution in [3.8, 4) is 0 Å². The van der Waals surface area contributed by atoms with Crippen LogP contribution in [0.4, 0.5) is 5.69 Å². The smallest absolute Gasteiger partial charge is 0.317 e. The second-order valence-electron chi connectivity index (χ2n) is 5.05. The minimum Gasteiger partial charge on any atom is -0.317 e. The normalized spacial score (nSPS) is 14.0. The first-order valence-corrected chi connectivity index (χ1v) is 6.81. The number of benzene rings is 1. The molecule has 0 spiro atoms. The molecule has 0 radical (unpaired) electrons. The molecule has 106 valence electrons. The Balaban J connectivity index is 1.97. The lowest BCUT2D eigenvalue weighted by Crippen LogP contribution is -2.33. The van der Waals surface area contributed by atoms with E-state index in [1.54, 1.807) is 0 Å².